The van der Waals surface area contributed by atoms with Crippen molar-refractivity contribution in [3.05, 3.63) is 29.3 Å². The van der Waals surface area contributed by atoms with Crippen LogP contribution in [0.5, 0.6) is 0 Å². The zero-order valence-electron chi connectivity index (χ0n) is 15.1. The van der Waals surface area contributed by atoms with E-state index in [2.05, 4.69) is 0 Å². The maximum atomic E-state index is 13.5. The second-order valence-corrected chi connectivity index (χ2v) is 7.18. The van der Waals surface area contributed by atoms with Gasteiger partial charge in [-0.2, -0.15) is 23.5 Å². The van der Waals surface area contributed by atoms with Crippen LogP contribution in [-0.2, 0) is 11.0 Å². The second kappa shape index (κ2) is 7.44. The number of alkyl halides is 3. The van der Waals surface area contributed by atoms with Crippen molar-refractivity contribution in [3.8, 4) is 6.07 Å². The van der Waals surface area contributed by atoms with E-state index < -0.39 is 29.1 Å². The number of rotatable bonds is 2. The van der Waals surface area contributed by atoms with Crippen molar-refractivity contribution in [2.24, 2.45) is 0 Å². The first-order valence-corrected chi connectivity index (χ1v) is 8.43. The fraction of sp³-hybridized carbons (Fsp3) is 0.556. The minimum atomic E-state index is -4.69. The predicted molar refractivity (Wildman–Crippen MR) is 90.3 cm³/mol. The van der Waals surface area contributed by atoms with Crippen LogP contribution in [0.15, 0.2) is 18.2 Å². The summed E-state index contributed by atoms with van der Waals surface area (Å²) in [5.74, 6) is 0. The van der Waals surface area contributed by atoms with Crippen LogP contribution in [0.2, 0.25) is 0 Å². The third-order valence-electron chi connectivity index (χ3n) is 4.06. The van der Waals surface area contributed by atoms with Gasteiger partial charge >= 0.3 is 12.3 Å². The number of anilines is 1. The summed E-state index contributed by atoms with van der Waals surface area (Å²) in [4.78, 5) is 19.4. The number of benzene rings is 1. The van der Waals surface area contributed by atoms with E-state index in [1.165, 1.54) is 11.0 Å². The van der Waals surface area contributed by atoms with E-state index in [4.69, 9.17) is 4.84 Å². The molecular formula is C18H22F3N3O2. The lowest BCUT2D eigenvalue weighted by Gasteiger charge is -2.38. The zero-order chi connectivity index (χ0) is 19.5. The third kappa shape index (κ3) is 4.40. The molecule has 2 rings (SSSR count). The van der Waals surface area contributed by atoms with E-state index in [1.807, 2.05) is 0 Å². The monoisotopic (exact) mass is 369 g/mol. The van der Waals surface area contributed by atoms with Gasteiger partial charge in [-0.15, -0.1) is 0 Å². The van der Waals surface area contributed by atoms with Crippen LogP contribution in [0.3, 0.4) is 0 Å². The van der Waals surface area contributed by atoms with Crippen LogP contribution in [0.25, 0.3) is 0 Å². The van der Waals surface area contributed by atoms with Crippen molar-refractivity contribution in [2.75, 3.05) is 18.2 Å². The largest absolute Gasteiger partial charge is 0.434 e. The summed E-state index contributed by atoms with van der Waals surface area (Å²) < 4.78 is 40.6. The van der Waals surface area contributed by atoms with E-state index in [9.17, 15) is 23.2 Å². The van der Waals surface area contributed by atoms with E-state index in [-0.39, 0.29) is 5.56 Å². The molecule has 0 aliphatic carbocycles. The van der Waals surface area contributed by atoms with Gasteiger partial charge in [0.2, 0.25) is 0 Å². The number of nitrogens with zero attached hydrogens (tertiary/aromatic N) is 3. The number of para-hydroxylation sites is 1. The summed E-state index contributed by atoms with van der Waals surface area (Å²) in [6.07, 6.45) is -2.74. The molecule has 0 spiro atoms. The number of carbonyl (C=O) groups is 1. The molecule has 8 heteroatoms. The molecule has 0 aromatic heterocycles. The lowest BCUT2D eigenvalue weighted by molar-refractivity contribution is -0.137. The molecule has 5 nitrogen and oxygen atoms in total. The number of nitriles is 1. The van der Waals surface area contributed by atoms with Crippen molar-refractivity contribution >= 4 is 11.8 Å². The molecule has 0 saturated carbocycles. The van der Waals surface area contributed by atoms with Gasteiger partial charge < -0.3 is 9.74 Å². The maximum absolute atomic E-state index is 13.5. The minimum Gasteiger partial charge on any atom is -0.321 e. The quantitative estimate of drug-likeness (QED) is 0.708. The number of likely N-dealkylation sites (tertiary alicyclic amines) is 1. The van der Waals surface area contributed by atoms with Crippen LogP contribution < -0.4 is 5.06 Å². The molecule has 1 aromatic carbocycles. The van der Waals surface area contributed by atoms with Gasteiger partial charge in [0, 0.05) is 13.1 Å². The molecule has 142 valence electrons. The van der Waals surface area contributed by atoms with Crippen LogP contribution in [-0.4, -0.2) is 29.6 Å². The molecule has 0 atom stereocenters. The number of carbonyl (C=O) groups excluding carboxylic acids is 1. The molecule has 1 saturated heterocycles. The lowest BCUT2D eigenvalue weighted by Crippen LogP contribution is -2.48. The van der Waals surface area contributed by atoms with Gasteiger partial charge in [0.25, 0.3) is 0 Å². The molecule has 26 heavy (non-hydrogen) atoms. The van der Waals surface area contributed by atoms with Crippen molar-refractivity contribution in [1.29, 1.82) is 5.26 Å². The minimum absolute atomic E-state index is 0.207. The molecule has 1 amide bonds. The summed E-state index contributed by atoms with van der Waals surface area (Å²) in [7, 11) is 0. The Balaban J connectivity index is 2.48. The molecule has 0 N–H and O–H groups in total. The molecule has 0 bridgehead atoms. The van der Waals surface area contributed by atoms with Gasteiger partial charge in [-0.1, -0.05) is 6.07 Å². The van der Waals surface area contributed by atoms with Crippen LogP contribution in [0.4, 0.5) is 23.7 Å². The van der Waals surface area contributed by atoms with Crippen molar-refractivity contribution < 1.29 is 22.8 Å². The van der Waals surface area contributed by atoms with Gasteiger partial charge in [0.05, 0.1) is 16.7 Å². The Kier molecular flexibility index (Phi) is 5.69. The predicted octanol–water partition coefficient (Wildman–Crippen LogP) is 4.72. The highest BCUT2D eigenvalue weighted by atomic mass is 19.4. The molecule has 1 fully saturated rings. The van der Waals surface area contributed by atoms with E-state index >= 15 is 0 Å². The first-order valence-electron chi connectivity index (χ1n) is 8.43. The average Bonchev–Trinajstić information content (AvgIpc) is 2.57. The summed E-state index contributed by atoms with van der Waals surface area (Å²) in [5, 5.41) is 10.2. The van der Waals surface area contributed by atoms with Gasteiger partial charge in [-0.25, -0.2) is 4.79 Å². The molecule has 1 aromatic rings. The van der Waals surface area contributed by atoms with Crippen molar-refractivity contribution in [2.45, 2.75) is 51.7 Å². The Bertz CT molecular complexity index is 699. The number of piperidine rings is 1. The summed E-state index contributed by atoms with van der Waals surface area (Å²) in [6.45, 7) is 5.85. The number of hydrogen-bond acceptors (Lipinski definition) is 4. The van der Waals surface area contributed by atoms with Gasteiger partial charge in [0.1, 0.15) is 11.8 Å². The summed E-state index contributed by atoms with van der Waals surface area (Å²) in [6, 6.07) is 5.09. The second-order valence-electron chi connectivity index (χ2n) is 7.18. The Morgan fingerprint density at radius 2 is 1.81 bits per heavy atom. The SMILES string of the molecule is CC(C)(C)N(OC(=O)N1CCCCC1)c1c(C#N)cccc1C(F)(F)F. The third-order valence-corrected chi connectivity index (χ3v) is 4.06. The smallest absolute Gasteiger partial charge is 0.321 e. The van der Waals surface area contributed by atoms with Crippen molar-refractivity contribution in [3.63, 3.8) is 0 Å². The van der Waals surface area contributed by atoms with Gasteiger partial charge in [0.15, 0.2) is 0 Å². The summed E-state index contributed by atoms with van der Waals surface area (Å²) in [5.41, 5.74) is -2.65. The average molecular weight is 369 g/mol. The first-order chi connectivity index (χ1) is 12.1. The van der Waals surface area contributed by atoms with Crippen molar-refractivity contribution in [1.82, 2.24) is 4.90 Å². The number of amides is 1. The Morgan fingerprint density at radius 1 is 1.19 bits per heavy atom. The molecular weight excluding hydrogens is 347 g/mol. The van der Waals surface area contributed by atoms with E-state index in [0.29, 0.717) is 13.1 Å². The highest BCUT2D eigenvalue weighted by Crippen LogP contribution is 2.41. The highest BCUT2D eigenvalue weighted by Gasteiger charge is 2.40. The Labute approximate surface area is 150 Å². The zero-order valence-corrected chi connectivity index (χ0v) is 15.1. The normalized spacial score (nSPS) is 15.3. The number of hydrogen-bond donors (Lipinski definition) is 0. The van der Waals surface area contributed by atoms with Gasteiger partial charge in [-0.3, -0.25) is 0 Å². The maximum Gasteiger partial charge on any atom is 0.434 e. The van der Waals surface area contributed by atoms with Crippen LogP contribution in [0, 0.1) is 11.3 Å². The van der Waals surface area contributed by atoms with Crippen LogP contribution in [0.1, 0.15) is 51.2 Å². The summed E-state index contributed by atoms with van der Waals surface area (Å²) >= 11 is 0. The molecule has 0 radical (unpaired) electrons. The topological polar surface area (TPSA) is 56.6 Å². The molecule has 1 heterocycles. The van der Waals surface area contributed by atoms with E-state index in [1.54, 1.807) is 26.8 Å². The lowest BCUT2D eigenvalue weighted by atomic mass is 10.0. The fourth-order valence-electron chi connectivity index (χ4n) is 2.81. The number of hydroxylamine groups is 1. The first kappa shape index (κ1) is 19.9. The van der Waals surface area contributed by atoms with Gasteiger partial charge in [-0.05, 0) is 52.2 Å². The number of halogens is 3. The van der Waals surface area contributed by atoms with Crippen LogP contribution >= 0.6 is 0 Å². The Morgan fingerprint density at radius 3 is 2.31 bits per heavy atom. The molecule has 1 aliphatic heterocycles. The molecule has 0 unspecified atom stereocenters. The molecule has 1 aliphatic rings. The Hall–Kier alpha value is -2.43. The fourth-order valence-corrected chi connectivity index (χ4v) is 2.81. The standard InChI is InChI=1S/C18H22F3N3O2/c1-17(2,3)24(26-16(25)23-10-5-4-6-11-23)15-13(12-22)8-7-9-14(15)18(19,20)21/h7-9H,4-6,10-11H2,1-3H3. The van der Waals surface area contributed by atoms with E-state index in [0.717, 1.165) is 36.5 Å². The highest BCUT2D eigenvalue weighted by molar-refractivity contribution is 5.72.